The third-order valence-corrected chi connectivity index (χ3v) is 5.28. The smallest absolute Gasteiger partial charge is 0.262 e. The number of fused-ring (bicyclic) bond motifs is 1. The third-order valence-electron chi connectivity index (χ3n) is 4.25. The number of amides is 1. The van der Waals surface area contributed by atoms with E-state index in [1.54, 1.807) is 38.6 Å². The molecule has 0 unspecified atom stereocenters. The lowest BCUT2D eigenvalue weighted by atomic mass is 10.2. The van der Waals surface area contributed by atoms with Crippen LogP contribution in [0.1, 0.15) is 0 Å². The van der Waals surface area contributed by atoms with Gasteiger partial charge in [0.25, 0.3) is 5.91 Å². The molecule has 0 aliphatic heterocycles. The van der Waals surface area contributed by atoms with Crippen molar-refractivity contribution in [3.63, 3.8) is 0 Å². The molecule has 0 bridgehead atoms. The minimum Gasteiger partial charge on any atom is -0.496 e. The number of benzene rings is 2. The summed E-state index contributed by atoms with van der Waals surface area (Å²) in [7, 11) is 3.11. The minimum absolute atomic E-state index is 0.147. The Hall–Kier alpha value is -3.65. The number of pyridine rings is 1. The number of thiazole rings is 1. The number of hydrogen-bond acceptors (Lipinski definition) is 7. The highest BCUT2D eigenvalue weighted by Crippen LogP contribution is 2.30. The highest BCUT2D eigenvalue weighted by molar-refractivity contribution is 7.21. The van der Waals surface area contributed by atoms with E-state index in [1.165, 1.54) is 11.3 Å². The maximum absolute atomic E-state index is 12.4. The third kappa shape index (κ3) is 4.49. The zero-order valence-electron chi connectivity index (χ0n) is 16.4. The SMILES string of the molecule is COc1cc(OC)cc(OCC(=O)Nc2cccc(-c3nc4cccnc4s3)c2)c1. The number of rotatable bonds is 7. The summed E-state index contributed by atoms with van der Waals surface area (Å²) in [4.78, 5) is 22.2. The van der Waals surface area contributed by atoms with Gasteiger partial charge in [0.15, 0.2) is 6.61 Å². The lowest BCUT2D eigenvalue weighted by molar-refractivity contribution is -0.118. The van der Waals surface area contributed by atoms with E-state index >= 15 is 0 Å². The van der Waals surface area contributed by atoms with Crippen molar-refractivity contribution >= 4 is 33.3 Å². The summed E-state index contributed by atoms with van der Waals surface area (Å²) in [6, 6.07) is 16.4. The molecule has 30 heavy (non-hydrogen) atoms. The minimum atomic E-state index is -0.278. The second kappa shape index (κ2) is 8.79. The fourth-order valence-electron chi connectivity index (χ4n) is 2.83. The van der Waals surface area contributed by atoms with Crippen LogP contribution in [-0.2, 0) is 4.79 Å². The number of hydrogen-bond donors (Lipinski definition) is 1. The molecule has 4 aromatic rings. The summed E-state index contributed by atoms with van der Waals surface area (Å²) in [6.07, 6.45) is 1.75. The summed E-state index contributed by atoms with van der Waals surface area (Å²) in [5.41, 5.74) is 2.43. The van der Waals surface area contributed by atoms with Gasteiger partial charge in [-0.25, -0.2) is 9.97 Å². The molecule has 0 fully saturated rings. The summed E-state index contributed by atoms with van der Waals surface area (Å²) >= 11 is 1.51. The Morgan fingerprint density at radius 1 is 1.00 bits per heavy atom. The van der Waals surface area contributed by atoms with Gasteiger partial charge in [-0.05, 0) is 24.3 Å². The summed E-state index contributed by atoms with van der Waals surface area (Å²) in [6.45, 7) is -0.147. The molecule has 2 heterocycles. The zero-order chi connectivity index (χ0) is 20.9. The largest absolute Gasteiger partial charge is 0.496 e. The number of aromatic nitrogens is 2. The van der Waals surface area contributed by atoms with E-state index < -0.39 is 0 Å². The van der Waals surface area contributed by atoms with Crippen molar-refractivity contribution in [1.29, 1.82) is 0 Å². The van der Waals surface area contributed by atoms with Gasteiger partial charge < -0.3 is 19.5 Å². The number of methoxy groups -OCH3 is 2. The average molecular weight is 421 g/mol. The maximum atomic E-state index is 12.4. The molecule has 8 heteroatoms. The van der Waals surface area contributed by atoms with E-state index in [0.29, 0.717) is 22.9 Å². The number of ether oxygens (including phenoxy) is 3. The first-order chi connectivity index (χ1) is 14.6. The first-order valence-electron chi connectivity index (χ1n) is 9.12. The normalized spacial score (nSPS) is 10.6. The van der Waals surface area contributed by atoms with E-state index in [4.69, 9.17) is 14.2 Å². The van der Waals surface area contributed by atoms with E-state index in [2.05, 4.69) is 15.3 Å². The molecule has 0 aliphatic rings. The van der Waals surface area contributed by atoms with Crippen molar-refractivity contribution in [2.45, 2.75) is 0 Å². The quantitative estimate of drug-likeness (QED) is 0.476. The van der Waals surface area contributed by atoms with Crippen molar-refractivity contribution < 1.29 is 19.0 Å². The predicted octanol–water partition coefficient (Wildman–Crippen LogP) is 4.39. The van der Waals surface area contributed by atoms with Crippen molar-refractivity contribution in [2.75, 3.05) is 26.1 Å². The molecule has 7 nitrogen and oxygen atoms in total. The molecule has 0 saturated carbocycles. The fraction of sp³-hybridized carbons (Fsp3) is 0.136. The van der Waals surface area contributed by atoms with Crippen molar-refractivity contribution in [2.24, 2.45) is 0 Å². The van der Waals surface area contributed by atoms with Crippen molar-refractivity contribution in [3.05, 3.63) is 60.8 Å². The molecule has 0 atom stereocenters. The Balaban J connectivity index is 1.43. The van der Waals surface area contributed by atoms with Crippen LogP contribution < -0.4 is 19.5 Å². The number of anilines is 1. The molecule has 152 valence electrons. The van der Waals surface area contributed by atoms with Crippen LogP contribution in [0, 0.1) is 0 Å². The first kappa shape index (κ1) is 19.7. The number of carbonyl (C=O) groups is 1. The number of nitrogens with one attached hydrogen (secondary N) is 1. The monoisotopic (exact) mass is 421 g/mol. The molecule has 2 aromatic heterocycles. The topological polar surface area (TPSA) is 82.6 Å². The van der Waals surface area contributed by atoms with Crippen LogP contribution in [-0.4, -0.2) is 36.7 Å². The highest BCUT2D eigenvalue weighted by Gasteiger charge is 2.10. The molecule has 0 saturated heterocycles. The summed E-state index contributed by atoms with van der Waals surface area (Å²) < 4.78 is 16.0. The van der Waals surface area contributed by atoms with Crippen molar-refractivity contribution in [1.82, 2.24) is 9.97 Å². The second-order valence-electron chi connectivity index (χ2n) is 6.31. The Labute approximate surface area is 177 Å². The van der Waals surface area contributed by atoms with Crippen LogP contribution in [0.5, 0.6) is 17.2 Å². The van der Waals surface area contributed by atoms with Gasteiger partial charge in [0, 0.05) is 35.6 Å². The first-order valence-corrected chi connectivity index (χ1v) is 9.94. The van der Waals surface area contributed by atoms with E-state index in [0.717, 1.165) is 20.9 Å². The lowest BCUT2D eigenvalue weighted by Crippen LogP contribution is -2.20. The molecule has 2 aromatic carbocycles. The van der Waals surface area contributed by atoms with Gasteiger partial charge in [0.1, 0.15) is 32.6 Å². The lowest BCUT2D eigenvalue weighted by Gasteiger charge is -2.11. The van der Waals surface area contributed by atoms with Crippen LogP contribution in [0.3, 0.4) is 0 Å². The highest BCUT2D eigenvalue weighted by atomic mass is 32.1. The van der Waals surface area contributed by atoms with Gasteiger partial charge in [-0.15, -0.1) is 0 Å². The molecule has 0 radical (unpaired) electrons. The molecule has 1 N–H and O–H groups in total. The molecule has 1 amide bonds. The van der Waals surface area contributed by atoms with Gasteiger partial charge in [-0.1, -0.05) is 23.5 Å². The molecule has 0 aliphatic carbocycles. The van der Waals surface area contributed by atoms with Crippen LogP contribution in [0.2, 0.25) is 0 Å². The average Bonchev–Trinajstić information content (AvgIpc) is 3.22. The van der Waals surface area contributed by atoms with Crippen molar-refractivity contribution in [3.8, 4) is 27.8 Å². The van der Waals surface area contributed by atoms with Gasteiger partial charge in [-0.3, -0.25) is 4.79 Å². The van der Waals surface area contributed by atoms with Gasteiger partial charge >= 0.3 is 0 Å². The molecular weight excluding hydrogens is 402 g/mol. The Morgan fingerprint density at radius 2 is 1.77 bits per heavy atom. The van der Waals surface area contributed by atoms with E-state index in [1.807, 2.05) is 36.4 Å². The number of nitrogens with zero attached hydrogens (tertiary/aromatic N) is 2. The fourth-order valence-corrected chi connectivity index (χ4v) is 3.74. The van der Waals surface area contributed by atoms with Gasteiger partial charge in [0.2, 0.25) is 0 Å². The summed E-state index contributed by atoms with van der Waals surface area (Å²) in [5.74, 6) is 1.38. The van der Waals surface area contributed by atoms with Crippen LogP contribution >= 0.6 is 11.3 Å². The standard InChI is InChI=1S/C22H19N3O4S/c1-27-16-10-17(28-2)12-18(11-16)29-13-20(26)24-15-6-3-5-14(9-15)21-25-19-7-4-8-23-22(19)30-21/h3-12H,13H2,1-2H3,(H,24,26). The molecule has 0 spiro atoms. The van der Waals surface area contributed by atoms with Gasteiger partial charge in [0.05, 0.1) is 14.2 Å². The van der Waals surface area contributed by atoms with Crippen LogP contribution in [0.15, 0.2) is 60.8 Å². The Bertz CT molecular complexity index is 1140. The van der Waals surface area contributed by atoms with E-state index in [-0.39, 0.29) is 12.5 Å². The zero-order valence-corrected chi connectivity index (χ0v) is 17.2. The maximum Gasteiger partial charge on any atom is 0.262 e. The predicted molar refractivity (Wildman–Crippen MR) is 117 cm³/mol. The van der Waals surface area contributed by atoms with Crippen LogP contribution in [0.4, 0.5) is 5.69 Å². The van der Waals surface area contributed by atoms with Gasteiger partial charge in [-0.2, -0.15) is 0 Å². The summed E-state index contributed by atoms with van der Waals surface area (Å²) in [5, 5.41) is 3.69. The second-order valence-corrected chi connectivity index (χ2v) is 7.29. The Morgan fingerprint density at radius 3 is 2.50 bits per heavy atom. The van der Waals surface area contributed by atoms with Crippen LogP contribution in [0.25, 0.3) is 20.9 Å². The van der Waals surface area contributed by atoms with E-state index in [9.17, 15) is 4.79 Å². The number of carbonyl (C=O) groups excluding carboxylic acids is 1. The molecule has 4 rings (SSSR count). The molecular formula is C22H19N3O4S. The Kier molecular flexibility index (Phi) is 5.76.